The van der Waals surface area contributed by atoms with Gasteiger partial charge in [0.15, 0.2) is 0 Å². The van der Waals surface area contributed by atoms with Crippen LogP contribution >= 0.6 is 0 Å². The maximum Gasteiger partial charge on any atom is 0.0477 e. The zero-order chi connectivity index (χ0) is 9.52. The van der Waals surface area contributed by atoms with Gasteiger partial charge in [0, 0.05) is 19.3 Å². The van der Waals surface area contributed by atoms with Crippen LogP contribution in [0.5, 0.6) is 0 Å². The van der Waals surface area contributed by atoms with Gasteiger partial charge in [0.05, 0.1) is 0 Å². The summed E-state index contributed by atoms with van der Waals surface area (Å²) in [5.74, 6) is 0.983. The molecule has 0 aromatic rings. The van der Waals surface area contributed by atoms with Gasteiger partial charge in [0.1, 0.15) is 0 Å². The minimum Gasteiger partial charge on any atom is -0.382 e. The molecule has 0 saturated heterocycles. The lowest BCUT2D eigenvalue weighted by atomic mass is 10.1. The first-order chi connectivity index (χ1) is 6.38. The van der Waals surface area contributed by atoms with E-state index in [1.54, 1.807) is 0 Å². The molecule has 0 amide bonds. The molecule has 0 aromatic carbocycles. The molecule has 0 bridgehead atoms. The quantitative estimate of drug-likeness (QED) is 0.585. The van der Waals surface area contributed by atoms with E-state index in [0.717, 1.165) is 38.1 Å². The summed E-state index contributed by atoms with van der Waals surface area (Å²) < 4.78 is 5.29. The molecule has 2 heteroatoms. The van der Waals surface area contributed by atoms with Crippen LogP contribution in [0, 0.1) is 5.92 Å². The SMILES string of the molecule is CCOCCCNC(CC)C1CC1. The summed E-state index contributed by atoms with van der Waals surface area (Å²) in [6.45, 7) is 7.20. The smallest absolute Gasteiger partial charge is 0.0477 e. The summed E-state index contributed by atoms with van der Waals surface area (Å²) in [4.78, 5) is 0. The Balaban J connectivity index is 1.90. The highest BCUT2D eigenvalue weighted by Gasteiger charge is 2.28. The molecular formula is C11H23NO. The summed E-state index contributed by atoms with van der Waals surface area (Å²) in [5, 5.41) is 3.61. The van der Waals surface area contributed by atoms with E-state index in [1.807, 2.05) is 6.92 Å². The van der Waals surface area contributed by atoms with Gasteiger partial charge in [-0.05, 0) is 45.1 Å². The first kappa shape index (κ1) is 11.0. The number of nitrogens with one attached hydrogen (secondary N) is 1. The van der Waals surface area contributed by atoms with E-state index in [0.29, 0.717) is 0 Å². The third-order valence-electron chi connectivity index (χ3n) is 2.71. The van der Waals surface area contributed by atoms with Gasteiger partial charge in [-0.2, -0.15) is 0 Å². The van der Waals surface area contributed by atoms with Crippen LogP contribution in [-0.2, 0) is 4.74 Å². The van der Waals surface area contributed by atoms with Crippen molar-refractivity contribution in [2.75, 3.05) is 19.8 Å². The fourth-order valence-electron chi connectivity index (χ4n) is 1.75. The molecule has 78 valence electrons. The maximum absolute atomic E-state index is 5.29. The third kappa shape index (κ3) is 4.63. The minimum atomic E-state index is 0.779. The summed E-state index contributed by atoms with van der Waals surface area (Å²) in [5.41, 5.74) is 0. The van der Waals surface area contributed by atoms with Gasteiger partial charge in [0.25, 0.3) is 0 Å². The van der Waals surface area contributed by atoms with Gasteiger partial charge in [-0.25, -0.2) is 0 Å². The van der Waals surface area contributed by atoms with Gasteiger partial charge in [-0.3, -0.25) is 0 Å². The Morgan fingerprint density at radius 2 is 2.15 bits per heavy atom. The molecule has 1 unspecified atom stereocenters. The predicted molar refractivity (Wildman–Crippen MR) is 55.9 cm³/mol. The largest absolute Gasteiger partial charge is 0.382 e. The van der Waals surface area contributed by atoms with E-state index in [2.05, 4.69) is 12.2 Å². The Hall–Kier alpha value is -0.0800. The van der Waals surface area contributed by atoms with Gasteiger partial charge in [-0.1, -0.05) is 6.92 Å². The average molecular weight is 185 g/mol. The van der Waals surface area contributed by atoms with Crippen molar-refractivity contribution in [3.63, 3.8) is 0 Å². The van der Waals surface area contributed by atoms with Crippen LogP contribution in [-0.4, -0.2) is 25.8 Å². The fourth-order valence-corrected chi connectivity index (χ4v) is 1.75. The monoisotopic (exact) mass is 185 g/mol. The molecule has 2 nitrogen and oxygen atoms in total. The van der Waals surface area contributed by atoms with Gasteiger partial charge >= 0.3 is 0 Å². The van der Waals surface area contributed by atoms with Crippen molar-refractivity contribution in [1.29, 1.82) is 0 Å². The highest BCUT2D eigenvalue weighted by atomic mass is 16.5. The summed E-state index contributed by atoms with van der Waals surface area (Å²) in [7, 11) is 0. The zero-order valence-corrected chi connectivity index (χ0v) is 9.01. The van der Waals surface area contributed by atoms with E-state index >= 15 is 0 Å². The molecule has 0 aromatic heterocycles. The molecule has 0 aliphatic heterocycles. The van der Waals surface area contributed by atoms with Crippen molar-refractivity contribution in [2.24, 2.45) is 5.92 Å². The molecule has 1 rings (SSSR count). The average Bonchev–Trinajstić information content (AvgIpc) is 2.95. The van der Waals surface area contributed by atoms with Crippen LogP contribution in [0.3, 0.4) is 0 Å². The summed E-state index contributed by atoms with van der Waals surface area (Å²) in [6.07, 6.45) is 5.31. The standard InChI is InChI=1S/C11H23NO/c1-3-11(10-6-7-10)12-8-5-9-13-4-2/h10-12H,3-9H2,1-2H3. The zero-order valence-electron chi connectivity index (χ0n) is 9.01. The van der Waals surface area contributed by atoms with Crippen molar-refractivity contribution in [3.8, 4) is 0 Å². The first-order valence-electron chi connectivity index (χ1n) is 5.69. The van der Waals surface area contributed by atoms with Gasteiger partial charge < -0.3 is 10.1 Å². The van der Waals surface area contributed by atoms with Crippen LogP contribution in [0.1, 0.15) is 39.5 Å². The van der Waals surface area contributed by atoms with Crippen molar-refractivity contribution in [1.82, 2.24) is 5.32 Å². The second kappa shape index (κ2) is 6.39. The van der Waals surface area contributed by atoms with Crippen molar-refractivity contribution in [2.45, 2.75) is 45.6 Å². The van der Waals surface area contributed by atoms with Crippen LogP contribution in [0.4, 0.5) is 0 Å². The normalized spacial score (nSPS) is 18.9. The van der Waals surface area contributed by atoms with E-state index < -0.39 is 0 Å². The van der Waals surface area contributed by atoms with Gasteiger partial charge in [-0.15, -0.1) is 0 Å². The number of ether oxygens (including phenoxy) is 1. The topological polar surface area (TPSA) is 21.3 Å². The molecule has 1 atom stereocenters. The van der Waals surface area contributed by atoms with E-state index in [4.69, 9.17) is 4.74 Å². The maximum atomic E-state index is 5.29. The van der Waals surface area contributed by atoms with E-state index in [-0.39, 0.29) is 0 Å². The number of hydrogen-bond acceptors (Lipinski definition) is 2. The summed E-state index contributed by atoms with van der Waals surface area (Å²) in [6, 6.07) is 0.779. The highest BCUT2D eigenvalue weighted by molar-refractivity contribution is 4.85. The second-order valence-electron chi connectivity index (χ2n) is 3.86. The molecule has 0 spiro atoms. The molecule has 1 N–H and O–H groups in total. The molecule has 1 saturated carbocycles. The predicted octanol–water partition coefficient (Wildman–Crippen LogP) is 2.19. The number of rotatable bonds is 8. The van der Waals surface area contributed by atoms with Crippen molar-refractivity contribution in [3.05, 3.63) is 0 Å². The lowest BCUT2D eigenvalue weighted by molar-refractivity contribution is 0.143. The highest BCUT2D eigenvalue weighted by Crippen LogP contribution is 2.33. The Kier molecular flexibility index (Phi) is 5.40. The fraction of sp³-hybridized carbons (Fsp3) is 1.00. The molecule has 1 fully saturated rings. The Bertz CT molecular complexity index is 123. The second-order valence-corrected chi connectivity index (χ2v) is 3.86. The lowest BCUT2D eigenvalue weighted by Crippen LogP contribution is -2.31. The lowest BCUT2D eigenvalue weighted by Gasteiger charge is -2.15. The number of hydrogen-bond donors (Lipinski definition) is 1. The Labute approximate surface area is 82.0 Å². The molecule has 13 heavy (non-hydrogen) atoms. The molecule has 1 aliphatic carbocycles. The minimum absolute atomic E-state index is 0.779. The van der Waals surface area contributed by atoms with Crippen molar-refractivity contribution < 1.29 is 4.74 Å². The Morgan fingerprint density at radius 1 is 1.38 bits per heavy atom. The van der Waals surface area contributed by atoms with Crippen LogP contribution in [0.25, 0.3) is 0 Å². The Morgan fingerprint density at radius 3 is 2.69 bits per heavy atom. The van der Waals surface area contributed by atoms with Crippen molar-refractivity contribution >= 4 is 0 Å². The first-order valence-corrected chi connectivity index (χ1v) is 5.69. The summed E-state index contributed by atoms with van der Waals surface area (Å²) >= 11 is 0. The van der Waals surface area contributed by atoms with Gasteiger partial charge in [0.2, 0.25) is 0 Å². The van der Waals surface area contributed by atoms with E-state index in [1.165, 1.54) is 19.3 Å². The van der Waals surface area contributed by atoms with Crippen LogP contribution < -0.4 is 5.32 Å². The molecule has 1 aliphatic rings. The molecular weight excluding hydrogens is 162 g/mol. The van der Waals surface area contributed by atoms with E-state index in [9.17, 15) is 0 Å². The molecule has 0 heterocycles. The molecule has 0 radical (unpaired) electrons. The van der Waals surface area contributed by atoms with Crippen LogP contribution in [0.15, 0.2) is 0 Å². The van der Waals surface area contributed by atoms with Crippen LogP contribution in [0.2, 0.25) is 0 Å². The third-order valence-corrected chi connectivity index (χ3v) is 2.71.